The summed E-state index contributed by atoms with van der Waals surface area (Å²) in [5, 5.41) is 13.2. The van der Waals surface area contributed by atoms with Gasteiger partial charge in [0.25, 0.3) is 5.91 Å². The second-order valence-electron chi connectivity index (χ2n) is 6.29. The lowest BCUT2D eigenvalue weighted by molar-refractivity contribution is -0.133. The zero-order valence-corrected chi connectivity index (χ0v) is 13.1. The van der Waals surface area contributed by atoms with Gasteiger partial charge in [0.2, 0.25) is 0 Å². The minimum atomic E-state index is -1.19. The van der Waals surface area contributed by atoms with Crippen LogP contribution in [0.4, 0.5) is 11.4 Å². The summed E-state index contributed by atoms with van der Waals surface area (Å²) >= 11 is 0. The minimum absolute atomic E-state index is 0.271. The number of nitrogens with zero attached hydrogens (tertiary/aromatic N) is 1. The Labute approximate surface area is 131 Å². The third kappa shape index (κ3) is 3.10. The van der Waals surface area contributed by atoms with Crippen molar-refractivity contribution in [3.8, 4) is 0 Å². The molecule has 1 aromatic carbocycles. The number of benzene rings is 1. The molecular formula is C17H24N2O3. The molecule has 2 fully saturated rings. The molecule has 5 heteroatoms. The molecule has 0 atom stereocenters. The Balaban J connectivity index is 1.70. The molecule has 0 unspecified atom stereocenters. The Bertz CT molecular complexity index is 547. The number of morpholine rings is 1. The minimum Gasteiger partial charge on any atom is -0.380 e. The van der Waals surface area contributed by atoms with Gasteiger partial charge >= 0.3 is 0 Å². The number of hydrogen-bond donors (Lipinski definition) is 2. The number of anilines is 2. The van der Waals surface area contributed by atoms with E-state index in [1.165, 1.54) is 0 Å². The third-order valence-electron chi connectivity index (χ3n) is 4.69. The molecule has 1 aliphatic heterocycles. The second kappa shape index (κ2) is 6.26. The SMILES string of the molecule is Cc1cc(N2CCOCC2)ccc1NC(=O)C1(O)CCCC1. The Morgan fingerprint density at radius 1 is 1.27 bits per heavy atom. The number of hydrogen-bond acceptors (Lipinski definition) is 4. The maximum atomic E-state index is 12.3. The van der Waals surface area contributed by atoms with Crippen LogP contribution in [0.25, 0.3) is 0 Å². The quantitative estimate of drug-likeness (QED) is 0.897. The van der Waals surface area contributed by atoms with Crippen LogP contribution in [0, 0.1) is 6.92 Å². The lowest BCUT2D eigenvalue weighted by Crippen LogP contribution is -2.40. The van der Waals surface area contributed by atoms with E-state index < -0.39 is 5.60 Å². The fourth-order valence-electron chi connectivity index (χ4n) is 3.23. The van der Waals surface area contributed by atoms with Crippen molar-refractivity contribution in [1.82, 2.24) is 0 Å². The van der Waals surface area contributed by atoms with Crippen molar-refractivity contribution in [1.29, 1.82) is 0 Å². The summed E-state index contributed by atoms with van der Waals surface area (Å²) in [6.07, 6.45) is 2.95. The molecule has 1 saturated heterocycles. The van der Waals surface area contributed by atoms with Gasteiger partial charge in [0, 0.05) is 24.5 Å². The summed E-state index contributed by atoms with van der Waals surface area (Å²) in [6.45, 7) is 5.28. The van der Waals surface area contributed by atoms with Crippen molar-refractivity contribution in [2.24, 2.45) is 0 Å². The van der Waals surface area contributed by atoms with E-state index in [4.69, 9.17) is 4.74 Å². The molecule has 1 amide bonds. The summed E-state index contributed by atoms with van der Waals surface area (Å²) in [5.41, 5.74) is 1.76. The molecule has 120 valence electrons. The predicted octanol–water partition coefficient (Wildman–Crippen LogP) is 2.08. The molecule has 0 aromatic heterocycles. The van der Waals surface area contributed by atoms with Gasteiger partial charge in [0.15, 0.2) is 0 Å². The van der Waals surface area contributed by atoms with E-state index in [2.05, 4.69) is 16.3 Å². The van der Waals surface area contributed by atoms with Crippen molar-refractivity contribution in [2.75, 3.05) is 36.5 Å². The van der Waals surface area contributed by atoms with Gasteiger partial charge in [-0.25, -0.2) is 0 Å². The first-order chi connectivity index (χ1) is 10.6. The molecular weight excluding hydrogens is 280 g/mol. The van der Waals surface area contributed by atoms with Gasteiger partial charge in [-0.05, 0) is 56.4 Å². The highest BCUT2D eigenvalue weighted by molar-refractivity contribution is 5.98. The molecule has 22 heavy (non-hydrogen) atoms. The lowest BCUT2D eigenvalue weighted by Gasteiger charge is -2.29. The fourth-order valence-corrected chi connectivity index (χ4v) is 3.23. The smallest absolute Gasteiger partial charge is 0.256 e. The van der Waals surface area contributed by atoms with Crippen LogP contribution in [0.15, 0.2) is 18.2 Å². The van der Waals surface area contributed by atoms with E-state index >= 15 is 0 Å². The van der Waals surface area contributed by atoms with Crippen LogP contribution in [-0.4, -0.2) is 42.9 Å². The van der Waals surface area contributed by atoms with Gasteiger partial charge in [-0.2, -0.15) is 0 Å². The number of aryl methyl sites for hydroxylation is 1. The highest BCUT2D eigenvalue weighted by Gasteiger charge is 2.38. The summed E-state index contributed by atoms with van der Waals surface area (Å²) in [4.78, 5) is 14.6. The molecule has 0 bridgehead atoms. The van der Waals surface area contributed by atoms with E-state index in [0.717, 1.165) is 56.1 Å². The van der Waals surface area contributed by atoms with Crippen LogP contribution in [0.5, 0.6) is 0 Å². The molecule has 0 spiro atoms. The van der Waals surface area contributed by atoms with Crippen molar-refractivity contribution in [3.05, 3.63) is 23.8 Å². The van der Waals surface area contributed by atoms with Gasteiger partial charge in [-0.3, -0.25) is 4.79 Å². The Kier molecular flexibility index (Phi) is 4.36. The Hall–Kier alpha value is -1.59. The molecule has 1 heterocycles. The summed E-state index contributed by atoms with van der Waals surface area (Å²) in [6, 6.07) is 6.03. The van der Waals surface area contributed by atoms with Gasteiger partial charge in [-0.1, -0.05) is 0 Å². The number of aliphatic hydroxyl groups is 1. The fraction of sp³-hybridized carbons (Fsp3) is 0.588. The largest absolute Gasteiger partial charge is 0.380 e. The van der Waals surface area contributed by atoms with E-state index in [1.54, 1.807) is 0 Å². The number of ether oxygens (including phenoxy) is 1. The molecule has 1 aromatic rings. The van der Waals surface area contributed by atoms with Crippen LogP contribution in [0.3, 0.4) is 0 Å². The number of rotatable bonds is 3. The summed E-state index contributed by atoms with van der Waals surface area (Å²) in [5.74, 6) is -0.271. The van der Waals surface area contributed by atoms with Crippen LogP contribution in [0.2, 0.25) is 0 Å². The van der Waals surface area contributed by atoms with Crippen LogP contribution < -0.4 is 10.2 Å². The molecule has 5 nitrogen and oxygen atoms in total. The van der Waals surface area contributed by atoms with Crippen LogP contribution >= 0.6 is 0 Å². The Morgan fingerprint density at radius 3 is 2.59 bits per heavy atom. The first-order valence-electron chi connectivity index (χ1n) is 8.06. The van der Waals surface area contributed by atoms with Gasteiger partial charge in [0.1, 0.15) is 5.60 Å². The lowest BCUT2D eigenvalue weighted by atomic mass is 10.0. The van der Waals surface area contributed by atoms with Crippen molar-refractivity contribution in [3.63, 3.8) is 0 Å². The number of nitrogens with one attached hydrogen (secondary N) is 1. The van der Waals surface area contributed by atoms with E-state index in [9.17, 15) is 9.90 Å². The molecule has 1 saturated carbocycles. The molecule has 1 aliphatic carbocycles. The number of carbonyl (C=O) groups is 1. The average Bonchev–Trinajstić information content (AvgIpc) is 2.98. The maximum absolute atomic E-state index is 12.3. The van der Waals surface area contributed by atoms with Crippen molar-refractivity contribution >= 4 is 17.3 Å². The standard InChI is InChI=1S/C17H24N2O3/c1-13-12-14(19-8-10-22-11-9-19)4-5-15(13)18-16(20)17(21)6-2-3-7-17/h4-5,12,21H,2-3,6-11H2,1H3,(H,18,20). The normalized spacial score (nSPS) is 20.9. The summed E-state index contributed by atoms with van der Waals surface area (Å²) in [7, 11) is 0. The average molecular weight is 304 g/mol. The van der Waals surface area contributed by atoms with Crippen LogP contribution in [-0.2, 0) is 9.53 Å². The highest BCUT2D eigenvalue weighted by Crippen LogP contribution is 2.31. The molecule has 3 rings (SSSR count). The van der Waals surface area contributed by atoms with Crippen LogP contribution in [0.1, 0.15) is 31.2 Å². The third-order valence-corrected chi connectivity index (χ3v) is 4.69. The predicted molar refractivity (Wildman–Crippen MR) is 86.3 cm³/mol. The zero-order chi connectivity index (χ0) is 15.6. The second-order valence-corrected chi connectivity index (χ2v) is 6.29. The Morgan fingerprint density at radius 2 is 1.95 bits per heavy atom. The topological polar surface area (TPSA) is 61.8 Å². The van der Waals surface area contributed by atoms with Gasteiger partial charge in [0.05, 0.1) is 13.2 Å². The van der Waals surface area contributed by atoms with E-state index in [0.29, 0.717) is 12.8 Å². The first-order valence-corrected chi connectivity index (χ1v) is 8.06. The summed E-state index contributed by atoms with van der Waals surface area (Å²) < 4.78 is 5.37. The van der Waals surface area contributed by atoms with Gasteiger partial charge in [-0.15, -0.1) is 0 Å². The zero-order valence-electron chi connectivity index (χ0n) is 13.1. The molecule has 2 N–H and O–H groups in total. The maximum Gasteiger partial charge on any atom is 0.256 e. The number of carbonyl (C=O) groups excluding carboxylic acids is 1. The van der Waals surface area contributed by atoms with Gasteiger partial charge < -0.3 is 20.1 Å². The first kappa shape index (κ1) is 15.3. The van der Waals surface area contributed by atoms with Crippen molar-refractivity contribution in [2.45, 2.75) is 38.2 Å². The van der Waals surface area contributed by atoms with E-state index in [1.807, 2.05) is 19.1 Å². The van der Waals surface area contributed by atoms with Crippen molar-refractivity contribution < 1.29 is 14.6 Å². The monoisotopic (exact) mass is 304 g/mol. The molecule has 0 radical (unpaired) electrons. The highest BCUT2D eigenvalue weighted by atomic mass is 16.5. The molecule has 2 aliphatic rings. The van der Waals surface area contributed by atoms with E-state index in [-0.39, 0.29) is 5.91 Å². The number of amides is 1.